The molecule has 0 amide bonds. The van der Waals surface area contributed by atoms with Gasteiger partial charge in [0, 0.05) is 24.8 Å². The largest absolute Gasteiger partial charge is 0.372 e. The van der Waals surface area contributed by atoms with E-state index in [1.165, 1.54) is 56.6 Å². The summed E-state index contributed by atoms with van der Waals surface area (Å²) in [6, 6.07) is 9.79. The van der Waals surface area contributed by atoms with E-state index in [9.17, 15) is 0 Å². The van der Waals surface area contributed by atoms with Gasteiger partial charge in [0.05, 0.1) is 0 Å². The molecular weight excluding hydrogens is 196 g/mol. The molecule has 0 aromatic heterocycles. The summed E-state index contributed by atoms with van der Waals surface area (Å²) in [7, 11) is 0. The highest BCUT2D eigenvalue weighted by Crippen LogP contribution is 2.26. The summed E-state index contributed by atoms with van der Waals surface area (Å²) in [4.78, 5) is 2.49. The van der Waals surface area contributed by atoms with Gasteiger partial charge in [0.2, 0.25) is 0 Å². The van der Waals surface area contributed by atoms with E-state index in [2.05, 4.69) is 34.5 Å². The van der Waals surface area contributed by atoms with E-state index in [1.54, 1.807) is 0 Å². The van der Waals surface area contributed by atoms with Gasteiger partial charge in [-0.25, -0.2) is 0 Å². The van der Waals surface area contributed by atoms with Gasteiger partial charge in [-0.1, -0.05) is 12.1 Å². The lowest BCUT2D eigenvalue weighted by Crippen LogP contribution is -2.18. The summed E-state index contributed by atoms with van der Waals surface area (Å²) < 4.78 is 0. The van der Waals surface area contributed by atoms with Gasteiger partial charge >= 0.3 is 0 Å². The Morgan fingerprint density at radius 3 is 2.38 bits per heavy atom. The third-order valence-corrected chi connectivity index (χ3v) is 3.83. The molecule has 0 saturated carbocycles. The standard InChI is InChI=1S/C14H20N2/c1-2-11-16(10-1)13-7-5-12(6-8-13)14-4-3-9-15-14/h5-8,14-15H,1-4,9-11H2/t14-/m1/s1. The molecule has 2 aliphatic rings. The summed E-state index contributed by atoms with van der Waals surface area (Å²) >= 11 is 0. The van der Waals surface area contributed by atoms with Crippen LogP contribution in [-0.2, 0) is 0 Å². The minimum atomic E-state index is 0.604. The molecular formula is C14H20N2. The van der Waals surface area contributed by atoms with Gasteiger partial charge < -0.3 is 10.2 Å². The molecule has 2 aliphatic heterocycles. The van der Waals surface area contributed by atoms with Crippen LogP contribution in [0.3, 0.4) is 0 Å². The van der Waals surface area contributed by atoms with Crippen LogP contribution >= 0.6 is 0 Å². The minimum Gasteiger partial charge on any atom is -0.372 e. The predicted octanol–water partition coefficient (Wildman–Crippen LogP) is 2.71. The minimum absolute atomic E-state index is 0.604. The average Bonchev–Trinajstić information content (AvgIpc) is 3.03. The average molecular weight is 216 g/mol. The predicted molar refractivity (Wildman–Crippen MR) is 67.9 cm³/mol. The smallest absolute Gasteiger partial charge is 0.0366 e. The van der Waals surface area contributed by atoms with E-state index in [1.807, 2.05) is 0 Å². The van der Waals surface area contributed by atoms with Crippen LogP contribution in [0.4, 0.5) is 5.69 Å². The van der Waals surface area contributed by atoms with Crippen LogP contribution in [0, 0.1) is 0 Å². The summed E-state index contributed by atoms with van der Waals surface area (Å²) in [6.07, 6.45) is 5.32. The van der Waals surface area contributed by atoms with Crippen LogP contribution in [0.15, 0.2) is 24.3 Å². The fourth-order valence-electron chi connectivity index (χ4n) is 2.86. The zero-order chi connectivity index (χ0) is 10.8. The van der Waals surface area contributed by atoms with Crippen LogP contribution < -0.4 is 10.2 Å². The summed E-state index contributed by atoms with van der Waals surface area (Å²) in [5.74, 6) is 0. The highest BCUT2D eigenvalue weighted by Gasteiger charge is 2.17. The van der Waals surface area contributed by atoms with E-state index < -0.39 is 0 Å². The molecule has 0 bridgehead atoms. The molecule has 1 aromatic rings. The lowest BCUT2D eigenvalue weighted by Gasteiger charge is -2.19. The van der Waals surface area contributed by atoms with Crippen molar-refractivity contribution in [2.45, 2.75) is 31.7 Å². The maximum Gasteiger partial charge on any atom is 0.0366 e. The Morgan fingerprint density at radius 1 is 1.00 bits per heavy atom. The van der Waals surface area contributed by atoms with Gasteiger partial charge in [0.15, 0.2) is 0 Å². The van der Waals surface area contributed by atoms with Gasteiger partial charge in [-0.3, -0.25) is 0 Å². The Morgan fingerprint density at radius 2 is 1.75 bits per heavy atom. The Hall–Kier alpha value is -1.02. The number of rotatable bonds is 2. The quantitative estimate of drug-likeness (QED) is 0.817. The number of nitrogens with zero attached hydrogens (tertiary/aromatic N) is 1. The number of hydrogen-bond donors (Lipinski definition) is 1. The Kier molecular flexibility index (Phi) is 2.83. The molecule has 0 radical (unpaired) electrons. The van der Waals surface area contributed by atoms with Gasteiger partial charge in [0.25, 0.3) is 0 Å². The van der Waals surface area contributed by atoms with Crippen LogP contribution in [-0.4, -0.2) is 19.6 Å². The third kappa shape index (κ3) is 1.94. The van der Waals surface area contributed by atoms with Crippen molar-refractivity contribution in [3.05, 3.63) is 29.8 Å². The van der Waals surface area contributed by atoms with Crippen LogP contribution in [0.1, 0.15) is 37.3 Å². The second kappa shape index (κ2) is 4.46. The maximum atomic E-state index is 3.55. The fourth-order valence-corrected chi connectivity index (χ4v) is 2.86. The molecule has 2 saturated heterocycles. The van der Waals surface area contributed by atoms with Crippen molar-refractivity contribution >= 4 is 5.69 Å². The number of hydrogen-bond acceptors (Lipinski definition) is 2. The molecule has 1 aromatic carbocycles. The normalized spacial score (nSPS) is 25.2. The second-order valence-corrected chi connectivity index (χ2v) is 4.93. The molecule has 0 unspecified atom stereocenters. The first kappa shape index (κ1) is 10.2. The zero-order valence-corrected chi connectivity index (χ0v) is 9.78. The molecule has 0 aliphatic carbocycles. The van der Waals surface area contributed by atoms with Crippen molar-refractivity contribution in [2.75, 3.05) is 24.5 Å². The molecule has 0 spiro atoms. The van der Waals surface area contributed by atoms with Crippen molar-refractivity contribution in [1.82, 2.24) is 5.32 Å². The molecule has 86 valence electrons. The van der Waals surface area contributed by atoms with E-state index in [0.29, 0.717) is 6.04 Å². The van der Waals surface area contributed by atoms with Gasteiger partial charge in [0.1, 0.15) is 0 Å². The van der Waals surface area contributed by atoms with Gasteiger partial charge in [-0.2, -0.15) is 0 Å². The highest BCUT2D eigenvalue weighted by molar-refractivity contribution is 5.48. The van der Waals surface area contributed by atoms with Crippen LogP contribution in [0.2, 0.25) is 0 Å². The van der Waals surface area contributed by atoms with Crippen molar-refractivity contribution in [1.29, 1.82) is 0 Å². The van der Waals surface area contributed by atoms with Gasteiger partial charge in [-0.05, 0) is 49.9 Å². The number of nitrogens with one attached hydrogen (secondary N) is 1. The Labute approximate surface area is 97.6 Å². The first-order valence-corrected chi connectivity index (χ1v) is 6.52. The monoisotopic (exact) mass is 216 g/mol. The summed E-state index contributed by atoms with van der Waals surface area (Å²) in [5, 5.41) is 3.55. The number of anilines is 1. The second-order valence-electron chi connectivity index (χ2n) is 4.93. The molecule has 2 fully saturated rings. The third-order valence-electron chi connectivity index (χ3n) is 3.83. The molecule has 1 N–H and O–H groups in total. The topological polar surface area (TPSA) is 15.3 Å². The molecule has 1 atom stereocenters. The summed E-state index contributed by atoms with van der Waals surface area (Å²) in [6.45, 7) is 3.65. The van der Waals surface area contributed by atoms with Crippen molar-refractivity contribution < 1.29 is 0 Å². The first-order chi connectivity index (χ1) is 7.93. The molecule has 3 rings (SSSR count). The van der Waals surface area contributed by atoms with E-state index in [4.69, 9.17) is 0 Å². The van der Waals surface area contributed by atoms with E-state index in [0.717, 1.165) is 0 Å². The zero-order valence-electron chi connectivity index (χ0n) is 9.78. The van der Waals surface area contributed by atoms with Crippen LogP contribution in [0.25, 0.3) is 0 Å². The lowest BCUT2D eigenvalue weighted by atomic mass is 10.1. The van der Waals surface area contributed by atoms with Crippen LogP contribution in [0.5, 0.6) is 0 Å². The fraction of sp³-hybridized carbons (Fsp3) is 0.571. The SMILES string of the molecule is c1cc(N2CCCC2)ccc1[C@H]1CCCN1. The van der Waals surface area contributed by atoms with Crippen molar-refractivity contribution in [3.8, 4) is 0 Å². The lowest BCUT2D eigenvalue weighted by molar-refractivity contribution is 0.648. The summed E-state index contributed by atoms with van der Waals surface area (Å²) in [5.41, 5.74) is 2.86. The molecule has 2 heterocycles. The van der Waals surface area contributed by atoms with Crippen molar-refractivity contribution in [3.63, 3.8) is 0 Å². The number of benzene rings is 1. The highest BCUT2D eigenvalue weighted by atomic mass is 15.1. The Bertz CT molecular complexity index is 297. The van der Waals surface area contributed by atoms with E-state index >= 15 is 0 Å². The van der Waals surface area contributed by atoms with Crippen molar-refractivity contribution in [2.24, 2.45) is 0 Å². The Balaban J connectivity index is 1.73. The van der Waals surface area contributed by atoms with Gasteiger partial charge in [-0.15, -0.1) is 0 Å². The molecule has 2 heteroatoms. The molecule has 16 heavy (non-hydrogen) atoms. The molecule has 2 nitrogen and oxygen atoms in total. The van der Waals surface area contributed by atoms with E-state index in [-0.39, 0.29) is 0 Å². The first-order valence-electron chi connectivity index (χ1n) is 6.52. The maximum absolute atomic E-state index is 3.55.